The number of benzene rings is 1. The van der Waals surface area contributed by atoms with Gasteiger partial charge < -0.3 is 10.2 Å². The molecule has 0 heterocycles. The lowest BCUT2D eigenvalue weighted by Crippen LogP contribution is -2.47. The van der Waals surface area contributed by atoms with Gasteiger partial charge in [0.2, 0.25) is 0 Å². The quantitative estimate of drug-likeness (QED) is 0.875. The van der Waals surface area contributed by atoms with Crippen molar-refractivity contribution in [3.8, 4) is 0 Å². The lowest BCUT2D eigenvalue weighted by atomic mass is 9.62. The molecule has 0 radical (unpaired) electrons. The summed E-state index contributed by atoms with van der Waals surface area (Å²) < 4.78 is 0. The summed E-state index contributed by atoms with van der Waals surface area (Å²) in [4.78, 5) is 11.9. The SMILES string of the molecule is O=C(O)[C@H](c1cccc(Cl)c1)[C@]1(O)CC[C@@H]2CCCC[C@@H]2C1. The highest BCUT2D eigenvalue weighted by atomic mass is 35.5. The molecule has 4 heteroatoms. The minimum Gasteiger partial charge on any atom is -0.481 e. The fourth-order valence-electron chi connectivity index (χ4n) is 4.56. The molecule has 2 aliphatic rings. The molecule has 3 rings (SSSR count). The third kappa shape index (κ3) is 3.02. The molecule has 3 nitrogen and oxygen atoms in total. The molecular formula is C18H23ClO3. The van der Waals surface area contributed by atoms with Gasteiger partial charge in [0.15, 0.2) is 0 Å². The van der Waals surface area contributed by atoms with Gasteiger partial charge in [-0.3, -0.25) is 4.79 Å². The molecule has 0 amide bonds. The van der Waals surface area contributed by atoms with Gasteiger partial charge in [0.25, 0.3) is 0 Å². The number of aliphatic carboxylic acids is 1. The van der Waals surface area contributed by atoms with Crippen molar-refractivity contribution in [2.24, 2.45) is 11.8 Å². The summed E-state index contributed by atoms with van der Waals surface area (Å²) in [5.41, 5.74) is -0.550. The second-order valence-corrected chi connectivity index (χ2v) is 7.41. The van der Waals surface area contributed by atoms with Crippen molar-refractivity contribution in [1.29, 1.82) is 0 Å². The van der Waals surface area contributed by atoms with Crippen LogP contribution >= 0.6 is 11.6 Å². The minimum atomic E-state index is -1.16. The van der Waals surface area contributed by atoms with E-state index in [9.17, 15) is 15.0 Å². The highest BCUT2D eigenvalue weighted by Crippen LogP contribution is 2.49. The molecule has 120 valence electrons. The Labute approximate surface area is 136 Å². The maximum absolute atomic E-state index is 11.9. The predicted molar refractivity (Wildman–Crippen MR) is 86.1 cm³/mol. The van der Waals surface area contributed by atoms with Crippen LogP contribution in [0, 0.1) is 11.8 Å². The molecule has 0 aliphatic heterocycles. The molecule has 4 atom stereocenters. The van der Waals surface area contributed by atoms with E-state index in [2.05, 4.69) is 0 Å². The fraction of sp³-hybridized carbons (Fsp3) is 0.611. The van der Waals surface area contributed by atoms with E-state index in [1.165, 1.54) is 19.3 Å². The van der Waals surface area contributed by atoms with Crippen molar-refractivity contribution in [1.82, 2.24) is 0 Å². The lowest BCUT2D eigenvalue weighted by molar-refractivity contribution is -0.150. The molecule has 0 saturated heterocycles. The topological polar surface area (TPSA) is 57.5 Å². The van der Waals surface area contributed by atoms with Gasteiger partial charge >= 0.3 is 5.97 Å². The smallest absolute Gasteiger partial charge is 0.313 e. The van der Waals surface area contributed by atoms with E-state index in [4.69, 9.17) is 11.6 Å². The monoisotopic (exact) mass is 322 g/mol. The first-order chi connectivity index (χ1) is 10.5. The first-order valence-corrected chi connectivity index (χ1v) is 8.58. The standard InChI is InChI=1S/C18H23ClO3/c19-15-7-3-6-13(10-15)16(17(20)21)18(22)9-8-12-4-1-2-5-14(12)11-18/h3,6-7,10,12,14,16,22H,1-2,4-5,8-9,11H2,(H,20,21)/t12-,14+,16-,18-/m0/s1. The second-order valence-electron chi connectivity index (χ2n) is 6.98. The van der Waals surface area contributed by atoms with Gasteiger partial charge in [0.1, 0.15) is 5.92 Å². The summed E-state index contributed by atoms with van der Waals surface area (Å²) >= 11 is 6.01. The Hall–Kier alpha value is -1.06. The van der Waals surface area contributed by atoms with Crippen LogP contribution in [0.2, 0.25) is 5.02 Å². The molecule has 0 bridgehead atoms. The van der Waals surface area contributed by atoms with Crippen molar-refractivity contribution >= 4 is 17.6 Å². The van der Waals surface area contributed by atoms with Crippen molar-refractivity contribution in [3.63, 3.8) is 0 Å². The van der Waals surface area contributed by atoms with E-state index >= 15 is 0 Å². The van der Waals surface area contributed by atoms with E-state index in [-0.39, 0.29) is 0 Å². The number of halogens is 1. The van der Waals surface area contributed by atoms with Gasteiger partial charge in [-0.2, -0.15) is 0 Å². The summed E-state index contributed by atoms with van der Waals surface area (Å²) in [5, 5.41) is 21.4. The molecule has 2 fully saturated rings. The maximum atomic E-state index is 11.9. The van der Waals surface area contributed by atoms with Gasteiger partial charge in [0, 0.05) is 5.02 Å². The van der Waals surface area contributed by atoms with E-state index < -0.39 is 17.5 Å². The summed E-state index contributed by atoms with van der Waals surface area (Å²) in [6.07, 6.45) is 6.93. The van der Waals surface area contributed by atoms with Gasteiger partial charge in [-0.15, -0.1) is 0 Å². The van der Waals surface area contributed by atoms with Crippen LogP contribution in [0.5, 0.6) is 0 Å². The largest absolute Gasteiger partial charge is 0.481 e. The number of hydrogen-bond acceptors (Lipinski definition) is 2. The van der Waals surface area contributed by atoms with Gasteiger partial charge in [-0.05, 0) is 48.8 Å². The number of carboxylic acids is 1. The van der Waals surface area contributed by atoms with Crippen LogP contribution in [0.1, 0.15) is 56.4 Å². The third-order valence-electron chi connectivity index (χ3n) is 5.60. The van der Waals surface area contributed by atoms with Crippen molar-refractivity contribution < 1.29 is 15.0 Å². The number of carboxylic acid groups (broad SMARTS) is 1. The number of aliphatic hydroxyl groups is 1. The minimum absolute atomic E-state index is 0.466. The Morgan fingerprint density at radius 3 is 2.64 bits per heavy atom. The summed E-state index contributed by atoms with van der Waals surface area (Å²) in [5.74, 6) is -0.718. The van der Waals surface area contributed by atoms with Crippen LogP contribution in [-0.2, 0) is 4.79 Å². The van der Waals surface area contributed by atoms with Crippen LogP contribution in [0.4, 0.5) is 0 Å². The fourth-order valence-corrected chi connectivity index (χ4v) is 4.75. The maximum Gasteiger partial charge on any atom is 0.313 e. The molecule has 1 aromatic rings. The number of fused-ring (bicyclic) bond motifs is 1. The van der Waals surface area contributed by atoms with Crippen LogP contribution in [0.25, 0.3) is 0 Å². The molecule has 0 unspecified atom stereocenters. The van der Waals surface area contributed by atoms with E-state index in [1.807, 2.05) is 0 Å². The normalized spacial score (nSPS) is 33.0. The van der Waals surface area contributed by atoms with Gasteiger partial charge in [-0.1, -0.05) is 49.4 Å². The number of rotatable bonds is 3. The van der Waals surface area contributed by atoms with Crippen molar-refractivity contribution in [2.75, 3.05) is 0 Å². The number of hydrogen-bond donors (Lipinski definition) is 2. The zero-order chi connectivity index (χ0) is 15.7. The number of carbonyl (C=O) groups is 1. The van der Waals surface area contributed by atoms with Crippen LogP contribution in [-0.4, -0.2) is 21.8 Å². The first kappa shape index (κ1) is 15.8. The van der Waals surface area contributed by atoms with Gasteiger partial charge in [-0.25, -0.2) is 0 Å². The first-order valence-electron chi connectivity index (χ1n) is 8.20. The molecule has 0 spiro atoms. The Balaban J connectivity index is 1.89. The van der Waals surface area contributed by atoms with E-state index in [0.717, 1.165) is 12.8 Å². The van der Waals surface area contributed by atoms with E-state index in [1.54, 1.807) is 24.3 Å². The van der Waals surface area contributed by atoms with Crippen LogP contribution in [0.15, 0.2) is 24.3 Å². The molecule has 0 aromatic heterocycles. The Kier molecular flexibility index (Phi) is 4.47. The Morgan fingerprint density at radius 2 is 1.95 bits per heavy atom. The third-order valence-corrected chi connectivity index (χ3v) is 5.83. The second kappa shape index (κ2) is 6.21. The zero-order valence-electron chi connectivity index (χ0n) is 12.7. The molecule has 2 saturated carbocycles. The highest BCUT2D eigenvalue weighted by Gasteiger charge is 2.48. The average Bonchev–Trinajstić information content (AvgIpc) is 2.46. The summed E-state index contributed by atoms with van der Waals surface area (Å²) in [6, 6.07) is 6.91. The zero-order valence-corrected chi connectivity index (χ0v) is 13.4. The molecule has 1 aromatic carbocycles. The predicted octanol–water partition coefficient (Wildman–Crippen LogP) is 4.23. The summed E-state index contributed by atoms with van der Waals surface area (Å²) in [6.45, 7) is 0. The highest BCUT2D eigenvalue weighted by molar-refractivity contribution is 6.30. The molecule has 2 N–H and O–H groups in total. The Morgan fingerprint density at radius 1 is 1.23 bits per heavy atom. The summed E-state index contributed by atoms with van der Waals surface area (Å²) in [7, 11) is 0. The van der Waals surface area contributed by atoms with E-state index in [0.29, 0.717) is 35.3 Å². The van der Waals surface area contributed by atoms with Crippen LogP contribution in [0.3, 0.4) is 0 Å². The lowest BCUT2D eigenvalue weighted by Gasteiger charge is -2.46. The van der Waals surface area contributed by atoms with Crippen molar-refractivity contribution in [2.45, 2.75) is 56.5 Å². The van der Waals surface area contributed by atoms with Gasteiger partial charge in [0.05, 0.1) is 5.60 Å². The average molecular weight is 323 g/mol. The molecular weight excluding hydrogens is 300 g/mol. The molecule has 22 heavy (non-hydrogen) atoms. The Bertz CT molecular complexity index is 559. The van der Waals surface area contributed by atoms with Crippen LogP contribution < -0.4 is 0 Å². The van der Waals surface area contributed by atoms with Crippen molar-refractivity contribution in [3.05, 3.63) is 34.9 Å². The molecule has 2 aliphatic carbocycles.